The molecule has 1 N–H and O–H groups in total. The maximum absolute atomic E-state index is 5.65. The summed E-state index contributed by atoms with van der Waals surface area (Å²) in [5.74, 6) is 1.60. The van der Waals surface area contributed by atoms with E-state index in [1.165, 1.54) is 5.56 Å². The maximum Gasteiger partial charge on any atom is 0.124 e. The zero-order chi connectivity index (χ0) is 13.4. The first-order valence-corrected chi connectivity index (χ1v) is 6.74. The Morgan fingerprint density at radius 2 is 2.06 bits per heavy atom. The van der Waals surface area contributed by atoms with Gasteiger partial charge < -0.3 is 10.1 Å². The van der Waals surface area contributed by atoms with Gasteiger partial charge in [0.05, 0.1) is 0 Å². The van der Waals surface area contributed by atoms with Crippen molar-refractivity contribution in [2.45, 2.75) is 39.8 Å². The first-order chi connectivity index (χ1) is 8.69. The molecule has 2 heteroatoms. The van der Waals surface area contributed by atoms with E-state index < -0.39 is 0 Å². The number of hydrogen-bond acceptors (Lipinski definition) is 2. The van der Waals surface area contributed by atoms with Crippen LogP contribution in [-0.2, 0) is 6.54 Å². The van der Waals surface area contributed by atoms with Crippen LogP contribution in [0.15, 0.2) is 36.9 Å². The Kier molecular flexibility index (Phi) is 6.51. The van der Waals surface area contributed by atoms with Gasteiger partial charge >= 0.3 is 0 Å². The van der Waals surface area contributed by atoms with Crippen LogP contribution in [0.5, 0.6) is 5.75 Å². The molecule has 100 valence electrons. The van der Waals surface area contributed by atoms with Gasteiger partial charge in [-0.15, -0.1) is 0 Å². The van der Waals surface area contributed by atoms with Crippen molar-refractivity contribution < 1.29 is 4.74 Å². The highest BCUT2D eigenvalue weighted by Gasteiger charge is 2.11. The minimum Gasteiger partial charge on any atom is -0.489 e. The molecule has 0 spiro atoms. The first kappa shape index (κ1) is 14.8. The first-order valence-electron chi connectivity index (χ1n) is 6.74. The third-order valence-electron chi connectivity index (χ3n) is 3.13. The lowest BCUT2D eigenvalue weighted by Crippen LogP contribution is -2.32. The van der Waals surface area contributed by atoms with Crippen molar-refractivity contribution in [2.75, 3.05) is 6.61 Å². The van der Waals surface area contributed by atoms with Crippen LogP contribution in [0.4, 0.5) is 0 Å². The lowest BCUT2D eigenvalue weighted by atomic mass is 10.0. The van der Waals surface area contributed by atoms with E-state index >= 15 is 0 Å². The molecule has 0 aromatic heterocycles. The summed E-state index contributed by atoms with van der Waals surface area (Å²) in [5.41, 5.74) is 1.21. The van der Waals surface area contributed by atoms with Gasteiger partial charge in [-0.25, -0.2) is 0 Å². The fourth-order valence-corrected chi connectivity index (χ4v) is 2.03. The molecule has 0 saturated heterocycles. The summed E-state index contributed by atoms with van der Waals surface area (Å²) in [4.78, 5) is 0. The third-order valence-corrected chi connectivity index (χ3v) is 3.13. The van der Waals surface area contributed by atoms with Gasteiger partial charge in [0.25, 0.3) is 0 Å². The molecule has 0 heterocycles. The van der Waals surface area contributed by atoms with Gasteiger partial charge in [-0.3, -0.25) is 0 Å². The lowest BCUT2D eigenvalue weighted by molar-refractivity contribution is 0.350. The van der Waals surface area contributed by atoms with Crippen LogP contribution >= 0.6 is 0 Å². The van der Waals surface area contributed by atoms with Crippen LogP contribution in [-0.4, -0.2) is 12.6 Å². The predicted molar refractivity (Wildman–Crippen MR) is 77.9 cm³/mol. The van der Waals surface area contributed by atoms with Gasteiger partial charge in [-0.2, -0.15) is 0 Å². The van der Waals surface area contributed by atoms with Crippen molar-refractivity contribution in [3.8, 4) is 5.75 Å². The zero-order valence-corrected chi connectivity index (χ0v) is 11.8. The Bertz CT molecular complexity index is 360. The van der Waals surface area contributed by atoms with Crippen molar-refractivity contribution >= 4 is 0 Å². The average molecular weight is 247 g/mol. The van der Waals surface area contributed by atoms with Crippen LogP contribution in [0.1, 0.15) is 32.8 Å². The highest BCUT2D eigenvalue weighted by atomic mass is 16.5. The molecule has 2 nitrogen and oxygen atoms in total. The number of rotatable bonds is 8. The molecule has 0 radical (unpaired) electrons. The molecule has 1 aromatic rings. The summed E-state index contributed by atoms with van der Waals surface area (Å²) >= 11 is 0. The Labute approximate surface area is 111 Å². The quantitative estimate of drug-likeness (QED) is 0.706. The second kappa shape index (κ2) is 7.93. The van der Waals surface area contributed by atoms with Crippen molar-refractivity contribution in [2.24, 2.45) is 5.92 Å². The van der Waals surface area contributed by atoms with Crippen molar-refractivity contribution in [1.82, 2.24) is 5.32 Å². The molecule has 1 aromatic carbocycles. The fourth-order valence-electron chi connectivity index (χ4n) is 2.03. The summed E-state index contributed by atoms with van der Waals surface area (Å²) in [7, 11) is 0. The van der Waals surface area contributed by atoms with E-state index in [2.05, 4.69) is 38.7 Å². The monoisotopic (exact) mass is 247 g/mol. The maximum atomic E-state index is 5.65. The zero-order valence-electron chi connectivity index (χ0n) is 11.8. The Morgan fingerprint density at radius 1 is 1.33 bits per heavy atom. The molecule has 1 atom stereocenters. The molecule has 18 heavy (non-hydrogen) atoms. The number of nitrogens with one attached hydrogen (secondary N) is 1. The number of hydrogen-bond donors (Lipinski definition) is 1. The SMILES string of the molecule is C=CCOc1ccccc1CNC(CC)C(C)C. The van der Waals surface area contributed by atoms with Gasteiger partial charge in [0, 0.05) is 18.2 Å². The number of benzene rings is 1. The summed E-state index contributed by atoms with van der Waals surface area (Å²) in [5, 5.41) is 3.60. The molecule has 1 unspecified atom stereocenters. The smallest absolute Gasteiger partial charge is 0.124 e. The van der Waals surface area contributed by atoms with Gasteiger partial charge in [-0.1, -0.05) is 51.6 Å². The molecule has 0 fully saturated rings. The molecular formula is C16H25NO. The van der Waals surface area contributed by atoms with E-state index in [0.717, 1.165) is 18.7 Å². The van der Waals surface area contributed by atoms with Gasteiger partial charge in [0.2, 0.25) is 0 Å². The molecule has 0 aliphatic heterocycles. The van der Waals surface area contributed by atoms with Crippen LogP contribution in [0, 0.1) is 5.92 Å². The van der Waals surface area contributed by atoms with Gasteiger partial charge in [0.1, 0.15) is 12.4 Å². The molecule has 1 rings (SSSR count). The van der Waals surface area contributed by atoms with E-state index in [1.54, 1.807) is 6.08 Å². The molecule has 0 amide bonds. The molecule has 0 saturated carbocycles. The molecule has 0 aliphatic carbocycles. The highest BCUT2D eigenvalue weighted by Crippen LogP contribution is 2.18. The average Bonchev–Trinajstić information content (AvgIpc) is 2.38. The lowest BCUT2D eigenvalue weighted by Gasteiger charge is -2.21. The minimum atomic E-state index is 0.553. The largest absolute Gasteiger partial charge is 0.489 e. The normalized spacial score (nSPS) is 12.4. The van der Waals surface area contributed by atoms with E-state index in [4.69, 9.17) is 4.74 Å². The van der Waals surface area contributed by atoms with Crippen molar-refractivity contribution in [3.05, 3.63) is 42.5 Å². The summed E-state index contributed by atoms with van der Waals surface area (Å²) < 4.78 is 5.65. The third kappa shape index (κ3) is 4.53. The van der Waals surface area contributed by atoms with E-state index in [9.17, 15) is 0 Å². The minimum absolute atomic E-state index is 0.553. The van der Waals surface area contributed by atoms with Crippen molar-refractivity contribution in [3.63, 3.8) is 0 Å². The van der Waals surface area contributed by atoms with Gasteiger partial charge in [-0.05, 0) is 18.4 Å². The second-order valence-electron chi connectivity index (χ2n) is 4.85. The Hall–Kier alpha value is -1.28. The van der Waals surface area contributed by atoms with Crippen LogP contribution in [0.3, 0.4) is 0 Å². The van der Waals surface area contributed by atoms with Crippen molar-refractivity contribution in [1.29, 1.82) is 0 Å². The van der Waals surface area contributed by atoms with Crippen LogP contribution in [0.2, 0.25) is 0 Å². The van der Waals surface area contributed by atoms with Crippen LogP contribution in [0.25, 0.3) is 0 Å². The van der Waals surface area contributed by atoms with Gasteiger partial charge in [0.15, 0.2) is 0 Å². The van der Waals surface area contributed by atoms with Crippen LogP contribution < -0.4 is 10.1 Å². The predicted octanol–water partition coefficient (Wildman–Crippen LogP) is 3.78. The summed E-state index contributed by atoms with van der Waals surface area (Å²) in [6, 6.07) is 8.72. The molecular weight excluding hydrogens is 222 g/mol. The summed E-state index contributed by atoms with van der Waals surface area (Å²) in [6.07, 6.45) is 2.92. The summed E-state index contributed by atoms with van der Waals surface area (Å²) in [6.45, 7) is 11.8. The Balaban J connectivity index is 2.62. The number of para-hydroxylation sites is 1. The highest BCUT2D eigenvalue weighted by molar-refractivity contribution is 5.33. The van der Waals surface area contributed by atoms with E-state index in [1.807, 2.05) is 18.2 Å². The molecule has 0 aliphatic rings. The Morgan fingerprint density at radius 3 is 2.67 bits per heavy atom. The van der Waals surface area contributed by atoms with E-state index in [0.29, 0.717) is 18.6 Å². The topological polar surface area (TPSA) is 21.3 Å². The standard InChI is InChI=1S/C16H25NO/c1-5-11-18-16-10-8-7-9-14(16)12-17-15(6-2)13(3)4/h5,7-10,13,15,17H,1,6,11-12H2,2-4H3. The van der Waals surface area contributed by atoms with E-state index in [-0.39, 0.29) is 0 Å². The fraction of sp³-hybridized carbons (Fsp3) is 0.500. The number of ether oxygens (including phenoxy) is 1. The molecule has 0 bridgehead atoms. The second-order valence-corrected chi connectivity index (χ2v) is 4.85.